The minimum atomic E-state index is -0.301. The first-order valence-electron chi connectivity index (χ1n) is 5.03. The fourth-order valence-electron chi connectivity index (χ4n) is 1.04. The minimum absolute atomic E-state index is 0.0861. The molecular weight excluding hydrogens is 196 g/mol. The van der Waals surface area contributed by atoms with E-state index < -0.39 is 0 Å². The Morgan fingerprint density at radius 3 is 2.80 bits per heavy atom. The monoisotopic (exact) mass is 212 g/mol. The second-order valence-electron chi connectivity index (χ2n) is 3.14. The molecule has 0 aliphatic heterocycles. The van der Waals surface area contributed by atoms with Crippen molar-refractivity contribution < 1.29 is 9.32 Å². The standard InChI is InChI=1S/C9H16N4O2/c1-3-4-10-5-6-11-9(14)8-12-7(2)15-13-8/h10H,3-6H2,1-2H3,(H,11,14). The zero-order chi connectivity index (χ0) is 11.1. The SMILES string of the molecule is CCCNCCNC(=O)c1noc(C)n1. The summed E-state index contributed by atoms with van der Waals surface area (Å²) < 4.78 is 4.69. The third kappa shape index (κ3) is 4.07. The van der Waals surface area contributed by atoms with Crippen LogP contribution in [0.1, 0.15) is 29.9 Å². The van der Waals surface area contributed by atoms with E-state index >= 15 is 0 Å². The van der Waals surface area contributed by atoms with Gasteiger partial charge in [-0.1, -0.05) is 12.1 Å². The van der Waals surface area contributed by atoms with E-state index in [0.717, 1.165) is 19.5 Å². The molecule has 0 fully saturated rings. The van der Waals surface area contributed by atoms with Crippen LogP contribution in [0, 0.1) is 6.92 Å². The largest absolute Gasteiger partial charge is 0.348 e. The van der Waals surface area contributed by atoms with Gasteiger partial charge in [-0.05, 0) is 13.0 Å². The van der Waals surface area contributed by atoms with Gasteiger partial charge in [0.1, 0.15) is 0 Å². The Morgan fingerprint density at radius 2 is 2.20 bits per heavy atom. The molecule has 84 valence electrons. The fourth-order valence-corrected chi connectivity index (χ4v) is 1.04. The molecule has 1 heterocycles. The highest BCUT2D eigenvalue weighted by atomic mass is 16.5. The summed E-state index contributed by atoms with van der Waals surface area (Å²) in [7, 11) is 0. The molecule has 0 saturated heterocycles. The smallest absolute Gasteiger partial charge is 0.292 e. The average Bonchev–Trinajstić information content (AvgIpc) is 2.64. The fraction of sp³-hybridized carbons (Fsp3) is 0.667. The number of carbonyl (C=O) groups excluding carboxylic acids is 1. The highest BCUT2D eigenvalue weighted by Crippen LogP contribution is 1.93. The van der Waals surface area contributed by atoms with Crippen LogP contribution in [0.15, 0.2) is 4.52 Å². The lowest BCUT2D eigenvalue weighted by molar-refractivity contribution is 0.0940. The Labute approximate surface area is 88.4 Å². The second-order valence-corrected chi connectivity index (χ2v) is 3.14. The zero-order valence-electron chi connectivity index (χ0n) is 9.04. The van der Waals surface area contributed by atoms with Crippen molar-refractivity contribution in [1.82, 2.24) is 20.8 Å². The molecule has 1 amide bonds. The van der Waals surface area contributed by atoms with Crippen molar-refractivity contribution in [3.05, 3.63) is 11.7 Å². The maximum absolute atomic E-state index is 11.4. The van der Waals surface area contributed by atoms with Crippen LogP contribution in [-0.4, -0.2) is 35.7 Å². The number of hydrogen-bond acceptors (Lipinski definition) is 5. The molecule has 0 saturated carbocycles. The lowest BCUT2D eigenvalue weighted by Crippen LogP contribution is -2.32. The first-order valence-corrected chi connectivity index (χ1v) is 5.03. The molecule has 0 aliphatic rings. The number of aromatic nitrogens is 2. The summed E-state index contributed by atoms with van der Waals surface area (Å²) in [6.07, 6.45) is 1.08. The van der Waals surface area contributed by atoms with E-state index in [1.54, 1.807) is 6.92 Å². The molecule has 0 bridgehead atoms. The van der Waals surface area contributed by atoms with E-state index in [1.165, 1.54) is 0 Å². The molecule has 15 heavy (non-hydrogen) atoms. The summed E-state index contributed by atoms with van der Waals surface area (Å²) in [5, 5.41) is 9.37. The first-order chi connectivity index (χ1) is 7.24. The highest BCUT2D eigenvalue weighted by molar-refractivity contribution is 5.90. The summed E-state index contributed by atoms with van der Waals surface area (Å²) in [4.78, 5) is 15.2. The van der Waals surface area contributed by atoms with E-state index in [4.69, 9.17) is 4.52 Å². The predicted molar refractivity (Wildman–Crippen MR) is 54.5 cm³/mol. The summed E-state index contributed by atoms with van der Waals surface area (Å²) >= 11 is 0. The lowest BCUT2D eigenvalue weighted by atomic mass is 10.4. The molecule has 2 N–H and O–H groups in total. The van der Waals surface area contributed by atoms with Crippen molar-refractivity contribution in [1.29, 1.82) is 0 Å². The Bertz CT molecular complexity index is 311. The molecular formula is C9H16N4O2. The van der Waals surface area contributed by atoms with Gasteiger partial charge in [-0.25, -0.2) is 0 Å². The molecule has 0 aliphatic carbocycles. The molecule has 0 radical (unpaired) electrons. The van der Waals surface area contributed by atoms with Gasteiger partial charge in [-0.15, -0.1) is 0 Å². The topological polar surface area (TPSA) is 80.0 Å². The normalized spacial score (nSPS) is 10.3. The molecule has 1 aromatic heterocycles. The van der Waals surface area contributed by atoms with E-state index in [0.29, 0.717) is 12.4 Å². The Balaban J connectivity index is 2.19. The van der Waals surface area contributed by atoms with Crippen LogP contribution < -0.4 is 10.6 Å². The van der Waals surface area contributed by atoms with Crippen LogP contribution in [-0.2, 0) is 0 Å². The van der Waals surface area contributed by atoms with Crippen LogP contribution in [0.5, 0.6) is 0 Å². The number of hydrogen-bond donors (Lipinski definition) is 2. The first kappa shape index (κ1) is 11.6. The maximum Gasteiger partial charge on any atom is 0.292 e. The highest BCUT2D eigenvalue weighted by Gasteiger charge is 2.11. The van der Waals surface area contributed by atoms with Crippen molar-refractivity contribution in [2.45, 2.75) is 20.3 Å². The molecule has 0 spiro atoms. The van der Waals surface area contributed by atoms with Gasteiger partial charge in [0, 0.05) is 20.0 Å². The van der Waals surface area contributed by atoms with Gasteiger partial charge in [0.05, 0.1) is 0 Å². The Kier molecular flexibility index (Phi) is 4.76. The Morgan fingerprint density at radius 1 is 1.40 bits per heavy atom. The van der Waals surface area contributed by atoms with E-state index in [9.17, 15) is 4.79 Å². The molecule has 1 rings (SSSR count). The number of rotatable bonds is 6. The van der Waals surface area contributed by atoms with Gasteiger partial charge in [0.2, 0.25) is 5.89 Å². The van der Waals surface area contributed by atoms with Crippen LogP contribution in [0.4, 0.5) is 0 Å². The number of nitrogens with zero attached hydrogens (tertiary/aromatic N) is 2. The summed E-state index contributed by atoms with van der Waals surface area (Å²) in [6.45, 7) is 6.00. The number of aryl methyl sites for hydroxylation is 1. The average molecular weight is 212 g/mol. The molecule has 0 unspecified atom stereocenters. The van der Waals surface area contributed by atoms with E-state index in [1.807, 2.05) is 0 Å². The molecule has 6 heteroatoms. The zero-order valence-corrected chi connectivity index (χ0v) is 9.04. The molecule has 0 atom stereocenters. The van der Waals surface area contributed by atoms with Crippen LogP contribution in [0.3, 0.4) is 0 Å². The maximum atomic E-state index is 11.4. The van der Waals surface area contributed by atoms with E-state index in [-0.39, 0.29) is 11.7 Å². The molecule has 6 nitrogen and oxygen atoms in total. The van der Waals surface area contributed by atoms with Gasteiger partial charge >= 0.3 is 0 Å². The van der Waals surface area contributed by atoms with Crippen molar-refractivity contribution in [3.8, 4) is 0 Å². The third-order valence-electron chi connectivity index (χ3n) is 1.74. The van der Waals surface area contributed by atoms with Gasteiger partial charge < -0.3 is 15.2 Å². The molecule has 1 aromatic rings. The predicted octanol–water partition coefficient (Wildman–Crippen LogP) is 0.107. The second kappa shape index (κ2) is 6.13. The Hall–Kier alpha value is -1.43. The summed E-state index contributed by atoms with van der Waals surface area (Å²) in [5.74, 6) is 0.178. The van der Waals surface area contributed by atoms with Gasteiger partial charge in [0.25, 0.3) is 11.7 Å². The quantitative estimate of drug-likeness (QED) is 0.654. The summed E-state index contributed by atoms with van der Waals surface area (Å²) in [5.41, 5.74) is 0. The van der Waals surface area contributed by atoms with Crippen LogP contribution in [0.2, 0.25) is 0 Å². The third-order valence-corrected chi connectivity index (χ3v) is 1.74. The van der Waals surface area contributed by atoms with Crippen LogP contribution in [0.25, 0.3) is 0 Å². The van der Waals surface area contributed by atoms with Gasteiger partial charge in [0.15, 0.2) is 0 Å². The van der Waals surface area contributed by atoms with Crippen molar-refractivity contribution in [2.75, 3.05) is 19.6 Å². The van der Waals surface area contributed by atoms with Crippen molar-refractivity contribution in [2.24, 2.45) is 0 Å². The van der Waals surface area contributed by atoms with Gasteiger partial charge in [-0.3, -0.25) is 4.79 Å². The summed E-state index contributed by atoms with van der Waals surface area (Å²) in [6, 6.07) is 0. The van der Waals surface area contributed by atoms with Gasteiger partial charge in [-0.2, -0.15) is 4.98 Å². The van der Waals surface area contributed by atoms with Crippen molar-refractivity contribution in [3.63, 3.8) is 0 Å². The lowest BCUT2D eigenvalue weighted by Gasteiger charge is -2.03. The van der Waals surface area contributed by atoms with E-state index in [2.05, 4.69) is 27.7 Å². The van der Waals surface area contributed by atoms with Crippen LogP contribution >= 0.6 is 0 Å². The van der Waals surface area contributed by atoms with Crippen molar-refractivity contribution >= 4 is 5.91 Å². The number of nitrogens with one attached hydrogen (secondary N) is 2. The minimum Gasteiger partial charge on any atom is -0.348 e. The number of carbonyl (C=O) groups is 1. The number of amides is 1. The molecule has 0 aromatic carbocycles.